The summed E-state index contributed by atoms with van der Waals surface area (Å²) in [6, 6.07) is 22.2. The molecule has 0 aliphatic heterocycles. The Morgan fingerprint density at radius 2 is 0.763 bits per heavy atom. The molecule has 0 spiro atoms. The Hall–Kier alpha value is -1.06. The predicted molar refractivity (Wildman–Crippen MR) is 153 cm³/mol. The number of halogens is 3. The van der Waals surface area contributed by atoms with Crippen molar-refractivity contribution >= 4 is 21.5 Å². The molecule has 0 aromatic heterocycles. The van der Waals surface area contributed by atoms with Crippen molar-refractivity contribution in [3.63, 3.8) is 0 Å². The molecule has 1 unspecified atom stereocenters. The summed E-state index contributed by atoms with van der Waals surface area (Å²) < 4.78 is 1.77. The molecule has 0 saturated heterocycles. The number of rotatable bonds is 5. The van der Waals surface area contributed by atoms with E-state index in [1.54, 1.807) is 30.6 Å². The van der Waals surface area contributed by atoms with E-state index >= 15 is 0 Å². The Morgan fingerprint density at radius 3 is 1.00 bits per heavy atom. The molecular weight excluding hydrogens is 579 g/mol. The van der Waals surface area contributed by atoms with E-state index in [1.807, 2.05) is 0 Å². The third-order valence-corrected chi connectivity index (χ3v) is 20.4. The normalized spacial score (nSPS) is 14.9. The second-order valence-electron chi connectivity index (χ2n) is 11.1. The standard InChI is InChI=1S/C24H27Si.C9H13.3ClH.Ti/c1-16-7-17(2)11-22(10-16)25(23-12-18(3)8-19(4)13-23)24-14-20(5)9-21(6)15-24;1-6-5-7(2)9(4)8(6)3;;;;/h7-15H,1-6H3;6H,1-4H3;3*1H;/q;;;;;+3/p-3. The van der Waals surface area contributed by atoms with Gasteiger partial charge in [-0.15, -0.1) is 0 Å². The zero-order valence-electron chi connectivity index (χ0n) is 24.4. The number of aryl methyl sites for hydroxylation is 6. The van der Waals surface area contributed by atoms with Crippen LogP contribution in [0, 0.1) is 47.5 Å². The second kappa shape index (κ2) is 13.5. The summed E-state index contributed by atoms with van der Waals surface area (Å²) in [7, 11) is 0. The Kier molecular flexibility index (Phi) is 12.5. The molecule has 0 N–H and O–H groups in total. The maximum atomic E-state index is 2.53. The van der Waals surface area contributed by atoms with Crippen LogP contribution < -0.4 is 52.8 Å². The van der Waals surface area contributed by atoms with Crippen LogP contribution in [0.15, 0.2) is 75.2 Å². The van der Waals surface area contributed by atoms with Crippen molar-refractivity contribution in [3.05, 3.63) is 109 Å². The van der Waals surface area contributed by atoms with Gasteiger partial charge < -0.3 is 37.2 Å². The van der Waals surface area contributed by atoms with Gasteiger partial charge in [0.2, 0.25) is 0 Å². The van der Waals surface area contributed by atoms with E-state index in [1.165, 1.54) is 39.0 Å². The number of hydrogen-bond acceptors (Lipinski definition) is 0. The van der Waals surface area contributed by atoms with Gasteiger partial charge in [-0.2, -0.15) is 0 Å². The molecule has 0 amide bonds. The van der Waals surface area contributed by atoms with Crippen LogP contribution in [-0.2, 0) is 18.4 Å². The fourth-order valence-corrected chi connectivity index (χ4v) is 19.4. The van der Waals surface area contributed by atoms with E-state index in [4.69, 9.17) is 0 Å². The van der Waals surface area contributed by atoms with Gasteiger partial charge in [-0.05, 0) is 0 Å². The predicted octanol–water partition coefficient (Wildman–Crippen LogP) is -2.14. The molecule has 3 aromatic carbocycles. The van der Waals surface area contributed by atoms with E-state index in [0.29, 0.717) is 5.92 Å². The van der Waals surface area contributed by atoms with Crippen LogP contribution in [0.2, 0.25) is 0 Å². The van der Waals surface area contributed by atoms with E-state index < -0.39 is 24.3 Å². The van der Waals surface area contributed by atoms with Crippen molar-refractivity contribution in [1.29, 1.82) is 0 Å². The first kappa shape index (κ1) is 35.0. The maximum Gasteiger partial charge on any atom is -1.00 e. The van der Waals surface area contributed by atoms with Gasteiger partial charge in [0.05, 0.1) is 0 Å². The van der Waals surface area contributed by atoms with Gasteiger partial charge in [0, 0.05) is 0 Å². The molecule has 1 aliphatic carbocycles. The van der Waals surface area contributed by atoms with Crippen molar-refractivity contribution < 1.29 is 55.6 Å². The quantitative estimate of drug-likeness (QED) is 0.226. The van der Waals surface area contributed by atoms with Gasteiger partial charge in [0.15, 0.2) is 0 Å². The van der Waals surface area contributed by atoms with E-state index in [2.05, 4.69) is 124 Å². The zero-order chi connectivity index (χ0) is 25.7. The summed E-state index contributed by atoms with van der Waals surface area (Å²) >= 11 is -0.497. The molecule has 38 heavy (non-hydrogen) atoms. The Bertz CT molecular complexity index is 1200. The van der Waals surface area contributed by atoms with Crippen LogP contribution in [0.4, 0.5) is 0 Å². The minimum Gasteiger partial charge on any atom is -1.00 e. The van der Waals surface area contributed by atoms with Gasteiger partial charge in [-0.25, -0.2) is 0 Å². The molecule has 0 heterocycles. The van der Waals surface area contributed by atoms with Crippen LogP contribution >= 0.6 is 0 Å². The first-order valence-electron chi connectivity index (χ1n) is 12.9. The molecule has 3 aromatic rings. The number of benzene rings is 3. The molecule has 1 atom stereocenters. The topological polar surface area (TPSA) is 0 Å². The van der Waals surface area contributed by atoms with E-state index in [9.17, 15) is 0 Å². The third-order valence-electron chi connectivity index (χ3n) is 7.93. The minimum atomic E-state index is -2.28. The molecule has 0 radical (unpaired) electrons. The van der Waals surface area contributed by atoms with Crippen LogP contribution in [0.1, 0.15) is 61.1 Å². The van der Waals surface area contributed by atoms with Crippen molar-refractivity contribution in [2.45, 2.75) is 69.2 Å². The first-order chi connectivity index (χ1) is 16.4. The summed E-state index contributed by atoms with van der Waals surface area (Å²) in [6.07, 6.45) is 0. The summed E-state index contributed by atoms with van der Waals surface area (Å²) in [5.41, 5.74) is 13.0. The van der Waals surface area contributed by atoms with Gasteiger partial charge in [0.1, 0.15) is 0 Å². The molecule has 0 nitrogen and oxygen atoms in total. The fraction of sp³-hybridized carbons (Fsp3) is 0.333. The van der Waals surface area contributed by atoms with Crippen LogP contribution in [0.25, 0.3) is 0 Å². The molecule has 1 aliphatic rings. The maximum absolute atomic E-state index is 2.53. The molecule has 4 rings (SSSR count). The smallest absolute Gasteiger partial charge is 1.00 e. The SMILES string of the molecule is CC1=C(C)C(C)[C]([Ti+3][Si](c2cc(C)cc(C)c2)(c2cc(C)cc(C)c2)c2cc(C)cc(C)c2)=C1C.[Cl-].[Cl-].[Cl-]. The largest absolute Gasteiger partial charge is 1.00 e. The van der Waals surface area contributed by atoms with Gasteiger partial charge in [-0.3, -0.25) is 0 Å². The summed E-state index contributed by atoms with van der Waals surface area (Å²) in [5.74, 6) is -1.72. The summed E-state index contributed by atoms with van der Waals surface area (Å²) in [4.78, 5) is 0. The molecule has 201 valence electrons. The molecule has 0 fully saturated rings. The zero-order valence-corrected chi connectivity index (χ0v) is 29.2. The van der Waals surface area contributed by atoms with Gasteiger partial charge >= 0.3 is 224 Å². The molecular formula is C33H40Cl3SiTi. The summed E-state index contributed by atoms with van der Waals surface area (Å²) in [6.45, 7) is 23.2. The Labute approximate surface area is 259 Å². The number of hydrogen-bond donors (Lipinski definition) is 0. The third kappa shape index (κ3) is 6.63. The van der Waals surface area contributed by atoms with Gasteiger partial charge in [0.25, 0.3) is 0 Å². The van der Waals surface area contributed by atoms with Crippen molar-refractivity contribution in [2.24, 2.45) is 5.92 Å². The summed E-state index contributed by atoms with van der Waals surface area (Å²) in [5, 5.41) is 4.79. The molecule has 0 bridgehead atoms. The van der Waals surface area contributed by atoms with Crippen LogP contribution in [0.5, 0.6) is 0 Å². The first-order valence-corrected chi connectivity index (χ1v) is 18.0. The fourth-order valence-electron chi connectivity index (χ4n) is 6.06. The van der Waals surface area contributed by atoms with E-state index in [-0.39, 0.29) is 37.2 Å². The monoisotopic (exact) mass is 617 g/mol. The van der Waals surface area contributed by atoms with Crippen molar-refractivity contribution in [1.82, 2.24) is 0 Å². The minimum absolute atomic E-state index is 0. The van der Waals surface area contributed by atoms with Gasteiger partial charge in [-0.1, -0.05) is 0 Å². The average Bonchev–Trinajstić information content (AvgIpc) is 2.92. The number of allylic oxidation sites excluding steroid dienone is 4. The Balaban J connectivity index is 0.00000241. The second-order valence-corrected chi connectivity index (χ2v) is 20.1. The Morgan fingerprint density at radius 1 is 0.474 bits per heavy atom. The van der Waals surface area contributed by atoms with Crippen LogP contribution in [0.3, 0.4) is 0 Å². The van der Waals surface area contributed by atoms with Crippen molar-refractivity contribution in [2.75, 3.05) is 0 Å². The van der Waals surface area contributed by atoms with E-state index in [0.717, 1.165) is 0 Å². The van der Waals surface area contributed by atoms with Crippen molar-refractivity contribution in [3.8, 4) is 0 Å². The van der Waals surface area contributed by atoms with Crippen LogP contribution in [-0.4, -0.2) is 5.94 Å². The molecule has 0 saturated carbocycles. The average molecular weight is 619 g/mol. The molecule has 5 heteroatoms.